The first-order chi connectivity index (χ1) is 7.72. The van der Waals surface area contributed by atoms with Crippen molar-refractivity contribution in [1.82, 2.24) is 5.32 Å². The maximum atomic E-state index is 13.1. The van der Waals surface area contributed by atoms with Gasteiger partial charge < -0.3 is 5.32 Å². The molecule has 86 valence electrons. The molecule has 0 amide bonds. The maximum absolute atomic E-state index is 13.1. The Bertz CT molecular complexity index is 390. The lowest BCUT2D eigenvalue weighted by atomic mass is 9.84. The van der Waals surface area contributed by atoms with Crippen LogP contribution >= 0.6 is 0 Å². The van der Waals surface area contributed by atoms with Crippen molar-refractivity contribution in [2.45, 2.75) is 50.6 Å². The van der Waals surface area contributed by atoms with Crippen LogP contribution in [0.15, 0.2) is 18.2 Å². The molecule has 1 nitrogen and oxygen atoms in total. The third kappa shape index (κ3) is 1.75. The number of benzene rings is 1. The molecule has 1 aromatic carbocycles. The zero-order valence-corrected chi connectivity index (χ0v) is 9.67. The average Bonchev–Trinajstić information content (AvgIpc) is 2.58. The second kappa shape index (κ2) is 3.85. The Morgan fingerprint density at radius 3 is 2.50 bits per heavy atom. The van der Waals surface area contributed by atoms with E-state index in [0.717, 1.165) is 5.56 Å². The van der Waals surface area contributed by atoms with Crippen LogP contribution in [-0.4, -0.2) is 12.1 Å². The first kappa shape index (κ1) is 10.3. The summed E-state index contributed by atoms with van der Waals surface area (Å²) in [4.78, 5) is 0. The number of hydrogen-bond acceptors (Lipinski definition) is 1. The average molecular weight is 219 g/mol. The van der Waals surface area contributed by atoms with Crippen molar-refractivity contribution >= 4 is 0 Å². The molecule has 2 saturated heterocycles. The van der Waals surface area contributed by atoms with Crippen LogP contribution in [-0.2, 0) is 0 Å². The first-order valence-corrected chi connectivity index (χ1v) is 6.24. The maximum Gasteiger partial charge on any atom is 0.123 e. The number of rotatable bonds is 1. The molecular weight excluding hydrogens is 201 g/mol. The van der Waals surface area contributed by atoms with E-state index in [1.54, 1.807) is 12.1 Å². The summed E-state index contributed by atoms with van der Waals surface area (Å²) >= 11 is 0. The molecule has 2 aliphatic rings. The Balaban J connectivity index is 1.87. The van der Waals surface area contributed by atoms with E-state index in [0.29, 0.717) is 18.0 Å². The first-order valence-electron chi connectivity index (χ1n) is 6.24. The number of hydrogen-bond donors (Lipinski definition) is 1. The van der Waals surface area contributed by atoms with Gasteiger partial charge in [0, 0.05) is 12.1 Å². The Kier molecular flexibility index (Phi) is 2.47. The summed E-state index contributed by atoms with van der Waals surface area (Å²) < 4.78 is 13.1. The minimum atomic E-state index is -0.113. The molecule has 3 rings (SSSR count). The normalized spacial score (nSPS) is 33.0. The Labute approximate surface area is 96.1 Å². The SMILES string of the molecule is Cc1cc(F)ccc1C1C[C@H]2CC[C@@H](C1)N2. The molecule has 0 saturated carbocycles. The van der Waals surface area contributed by atoms with Gasteiger partial charge in [-0.25, -0.2) is 4.39 Å². The van der Waals surface area contributed by atoms with E-state index in [1.165, 1.54) is 31.2 Å². The topological polar surface area (TPSA) is 12.0 Å². The Hall–Kier alpha value is -0.890. The lowest BCUT2D eigenvalue weighted by Crippen LogP contribution is -2.37. The molecule has 0 spiro atoms. The van der Waals surface area contributed by atoms with E-state index < -0.39 is 0 Å². The van der Waals surface area contributed by atoms with Crippen LogP contribution in [0.25, 0.3) is 0 Å². The highest BCUT2D eigenvalue weighted by Gasteiger charge is 2.34. The highest BCUT2D eigenvalue weighted by molar-refractivity contribution is 5.31. The largest absolute Gasteiger partial charge is 0.311 e. The number of nitrogens with one attached hydrogen (secondary N) is 1. The fraction of sp³-hybridized carbons (Fsp3) is 0.571. The van der Waals surface area contributed by atoms with Crippen molar-refractivity contribution in [3.05, 3.63) is 35.1 Å². The summed E-state index contributed by atoms with van der Waals surface area (Å²) in [6.45, 7) is 2.03. The smallest absolute Gasteiger partial charge is 0.123 e. The quantitative estimate of drug-likeness (QED) is 0.765. The van der Waals surface area contributed by atoms with Crippen molar-refractivity contribution in [1.29, 1.82) is 0 Å². The summed E-state index contributed by atoms with van der Waals surface area (Å²) in [6.07, 6.45) is 5.09. The fourth-order valence-corrected chi connectivity index (χ4v) is 3.41. The molecule has 2 heteroatoms. The lowest BCUT2D eigenvalue weighted by Gasteiger charge is -2.30. The molecule has 0 radical (unpaired) electrons. The van der Waals surface area contributed by atoms with Crippen LogP contribution in [0.2, 0.25) is 0 Å². The van der Waals surface area contributed by atoms with Gasteiger partial charge in [0.05, 0.1) is 0 Å². The van der Waals surface area contributed by atoms with E-state index in [-0.39, 0.29) is 5.82 Å². The molecule has 1 unspecified atom stereocenters. The summed E-state index contributed by atoms with van der Waals surface area (Å²) in [7, 11) is 0. The van der Waals surface area contributed by atoms with Gasteiger partial charge in [-0.3, -0.25) is 0 Å². The summed E-state index contributed by atoms with van der Waals surface area (Å²) in [5, 5.41) is 3.65. The molecule has 2 fully saturated rings. The van der Waals surface area contributed by atoms with Gasteiger partial charge in [0.1, 0.15) is 5.82 Å². The molecule has 1 N–H and O–H groups in total. The Morgan fingerprint density at radius 1 is 1.19 bits per heavy atom. The van der Waals surface area contributed by atoms with Gasteiger partial charge in [0.25, 0.3) is 0 Å². The minimum absolute atomic E-state index is 0.113. The van der Waals surface area contributed by atoms with Crippen LogP contribution in [0.4, 0.5) is 4.39 Å². The van der Waals surface area contributed by atoms with Crippen LogP contribution in [0.3, 0.4) is 0 Å². The molecule has 16 heavy (non-hydrogen) atoms. The van der Waals surface area contributed by atoms with Crippen molar-refractivity contribution in [3.8, 4) is 0 Å². The molecule has 2 bridgehead atoms. The standard InChI is InChI=1S/C14H18FN/c1-9-6-11(15)2-5-14(9)10-7-12-3-4-13(8-10)16-12/h2,5-6,10,12-13,16H,3-4,7-8H2,1H3/t10?,12-,13+. The zero-order valence-electron chi connectivity index (χ0n) is 9.67. The predicted octanol–water partition coefficient (Wildman–Crippen LogP) is 3.13. The summed E-state index contributed by atoms with van der Waals surface area (Å²) in [6, 6.07) is 6.66. The van der Waals surface area contributed by atoms with Crippen LogP contribution in [0, 0.1) is 12.7 Å². The Morgan fingerprint density at radius 2 is 1.88 bits per heavy atom. The van der Waals surface area contributed by atoms with Gasteiger partial charge in [-0.2, -0.15) is 0 Å². The third-order valence-corrected chi connectivity index (χ3v) is 4.14. The van der Waals surface area contributed by atoms with E-state index in [9.17, 15) is 4.39 Å². The van der Waals surface area contributed by atoms with Crippen LogP contribution < -0.4 is 5.32 Å². The zero-order chi connectivity index (χ0) is 11.1. The highest BCUT2D eigenvalue weighted by atomic mass is 19.1. The van der Waals surface area contributed by atoms with Crippen LogP contribution in [0.1, 0.15) is 42.7 Å². The molecule has 2 aliphatic heterocycles. The second-order valence-electron chi connectivity index (χ2n) is 5.31. The van der Waals surface area contributed by atoms with Gasteiger partial charge >= 0.3 is 0 Å². The van der Waals surface area contributed by atoms with Gasteiger partial charge in [-0.15, -0.1) is 0 Å². The number of fused-ring (bicyclic) bond motifs is 2. The molecule has 2 heterocycles. The highest BCUT2D eigenvalue weighted by Crippen LogP contribution is 2.38. The molecule has 0 aromatic heterocycles. The monoisotopic (exact) mass is 219 g/mol. The molecule has 1 aromatic rings. The van der Waals surface area contributed by atoms with Crippen molar-refractivity contribution in [2.24, 2.45) is 0 Å². The second-order valence-corrected chi connectivity index (χ2v) is 5.31. The van der Waals surface area contributed by atoms with E-state index in [4.69, 9.17) is 0 Å². The minimum Gasteiger partial charge on any atom is -0.311 e. The van der Waals surface area contributed by atoms with Crippen LogP contribution in [0.5, 0.6) is 0 Å². The molecule has 3 atom stereocenters. The van der Waals surface area contributed by atoms with Gasteiger partial charge in [0.2, 0.25) is 0 Å². The summed E-state index contributed by atoms with van der Waals surface area (Å²) in [5.41, 5.74) is 2.48. The molecular formula is C14H18FN. The number of piperidine rings is 1. The van der Waals surface area contributed by atoms with Gasteiger partial charge in [-0.05, 0) is 61.8 Å². The van der Waals surface area contributed by atoms with Gasteiger partial charge in [-0.1, -0.05) is 6.07 Å². The van der Waals surface area contributed by atoms with E-state index in [2.05, 4.69) is 5.32 Å². The van der Waals surface area contributed by atoms with E-state index in [1.807, 2.05) is 13.0 Å². The van der Waals surface area contributed by atoms with E-state index >= 15 is 0 Å². The van der Waals surface area contributed by atoms with Gasteiger partial charge in [0.15, 0.2) is 0 Å². The third-order valence-electron chi connectivity index (χ3n) is 4.14. The van der Waals surface area contributed by atoms with Crippen molar-refractivity contribution < 1.29 is 4.39 Å². The van der Waals surface area contributed by atoms with Crippen molar-refractivity contribution in [2.75, 3.05) is 0 Å². The fourth-order valence-electron chi connectivity index (χ4n) is 3.41. The lowest BCUT2D eigenvalue weighted by molar-refractivity contribution is 0.362. The summed E-state index contributed by atoms with van der Waals surface area (Å²) in [5.74, 6) is 0.525. The number of aryl methyl sites for hydroxylation is 1. The van der Waals surface area contributed by atoms with Crippen molar-refractivity contribution in [3.63, 3.8) is 0 Å². The number of halogens is 1. The molecule has 0 aliphatic carbocycles. The predicted molar refractivity (Wildman–Crippen MR) is 63.1 cm³/mol.